The SMILES string of the molecule is CCc1c(NC(=O)c2ccc(Br)cc2)ccc2cc(Cn3cccc3)cnc12. The van der Waals surface area contributed by atoms with Gasteiger partial charge in [-0.15, -0.1) is 0 Å². The molecule has 0 aliphatic heterocycles. The number of pyridine rings is 1. The second-order valence-electron chi connectivity index (χ2n) is 6.68. The molecule has 0 saturated carbocycles. The number of hydrogen-bond donors (Lipinski definition) is 1. The number of hydrogen-bond acceptors (Lipinski definition) is 2. The van der Waals surface area contributed by atoms with E-state index in [1.165, 1.54) is 0 Å². The number of aryl methyl sites for hydroxylation is 1. The number of aromatic nitrogens is 2. The highest BCUT2D eigenvalue weighted by atomic mass is 79.9. The van der Waals surface area contributed by atoms with Crippen LogP contribution in [0.15, 0.2) is 77.7 Å². The standard InChI is InChI=1S/C23H20BrN3O/c1-2-20-21(26-23(28)17-5-8-19(24)9-6-17)10-7-18-13-16(14-25-22(18)20)15-27-11-3-4-12-27/h3-14H,2,15H2,1H3,(H,26,28). The zero-order valence-electron chi connectivity index (χ0n) is 15.5. The fraction of sp³-hybridized carbons (Fsp3) is 0.130. The van der Waals surface area contributed by atoms with Crippen LogP contribution in [-0.4, -0.2) is 15.5 Å². The number of fused-ring (bicyclic) bond motifs is 1. The zero-order chi connectivity index (χ0) is 19.5. The Hall–Kier alpha value is -2.92. The van der Waals surface area contributed by atoms with Crippen LogP contribution in [0.4, 0.5) is 5.69 Å². The van der Waals surface area contributed by atoms with Crippen LogP contribution in [0.5, 0.6) is 0 Å². The van der Waals surface area contributed by atoms with E-state index < -0.39 is 0 Å². The van der Waals surface area contributed by atoms with Crippen LogP contribution in [0, 0.1) is 0 Å². The van der Waals surface area contributed by atoms with E-state index in [1.54, 1.807) is 12.1 Å². The first-order valence-electron chi connectivity index (χ1n) is 9.22. The molecule has 0 spiro atoms. The van der Waals surface area contributed by atoms with Gasteiger partial charge in [0, 0.05) is 51.8 Å². The molecule has 140 valence electrons. The highest BCUT2D eigenvalue weighted by Gasteiger charge is 2.12. The van der Waals surface area contributed by atoms with Gasteiger partial charge < -0.3 is 9.88 Å². The normalized spacial score (nSPS) is 10.9. The maximum absolute atomic E-state index is 12.6. The summed E-state index contributed by atoms with van der Waals surface area (Å²) < 4.78 is 3.07. The van der Waals surface area contributed by atoms with E-state index in [4.69, 9.17) is 4.98 Å². The van der Waals surface area contributed by atoms with Crippen molar-refractivity contribution in [1.82, 2.24) is 9.55 Å². The Kier molecular flexibility index (Phi) is 5.26. The van der Waals surface area contributed by atoms with Gasteiger partial charge in [-0.1, -0.05) is 28.9 Å². The van der Waals surface area contributed by atoms with Crippen molar-refractivity contribution < 1.29 is 4.79 Å². The Balaban J connectivity index is 1.63. The molecule has 2 aromatic carbocycles. The topological polar surface area (TPSA) is 46.9 Å². The summed E-state index contributed by atoms with van der Waals surface area (Å²) in [6.45, 7) is 2.87. The van der Waals surface area contributed by atoms with Gasteiger partial charge in [-0.3, -0.25) is 9.78 Å². The summed E-state index contributed by atoms with van der Waals surface area (Å²) in [5, 5.41) is 4.13. The number of amides is 1. The van der Waals surface area contributed by atoms with Gasteiger partial charge in [-0.25, -0.2) is 0 Å². The third kappa shape index (κ3) is 3.85. The van der Waals surface area contributed by atoms with E-state index in [2.05, 4.69) is 38.8 Å². The van der Waals surface area contributed by atoms with E-state index in [1.807, 2.05) is 55.0 Å². The summed E-state index contributed by atoms with van der Waals surface area (Å²) >= 11 is 3.39. The largest absolute Gasteiger partial charge is 0.350 e. The van der Waals surface area contributed by atoms with E-state index in [-0.39, 0.29) is 5.91 Å². The Bertz CT molecular complexity index is 1120. The third-order valence-corrected chi connectivity index (χ3v) is 5.28. The molecule has 0 aliphatic rings. The third-order valence-electron chi connectivity index (χ3n) is 4.75. The molecule has 4 nitrogen and oxygen atoms in total. The Morgan fingerprint density at radius 2 is 1.86 bits per heavy atom. The van der Waals surface area contributed by atoms with Gasteiger partial charge >= 0.3 is 0 Å². The first-order chi connectivity index (χ1) is 13.6. The molecule has 1 amide bonds. The maximum Gasteiger partial charge on any atom is 0.255 e. The Morgan fingerprint density at radius 3 is 2.57 bits per heavy atom. The average Bonchev–Trinajstić information content (AvgIpc) is 3.21. The number of anilines is 1. The highest BCUT2D eigenvalue weighted by molar-refractivity contribution is 9.10. The molecule has 4 rings (SSSR count). The second kappa shape index (κ2) is 7.98. The molecule has 2 heterocycles. The van der Waals surface area contributed by atoms with Crippen molar-refractivity contribution in [3.8, 4) is 0 Å². The van der Waals surface area contributed by atoms with Crippen LogP contribution in [-0.2, 0) is 13.0 Å². The van der Waals surface area contributed by atoms with Crippen molar-refractivity contribution in [2.75, 3.05) is 5.32 Å². The van der Waals surface area contributed by atoms with Crippen molar-refractivity contribution in [2.24, 2.45) is 0 Å². The summed E-state index contributed by atoms with van der Waals surface area (Å²) in [6, 6.07) is 17.5. The van der Waals surface area contributed by atoms with Gasteiger partial charge in [0.25, 0.3) is 5.91 Å². The molecule has 0 unspecified atom stereocenters. The number of nitrogens with one attached hydrogen (secondary N) is 1. The first-order valence-corrected chi connectivity index (χ1v) is 10.0. The van der Waals surface area contributed by atoms with Crippen molar-refractivity contribution >= 4 is 38.4 Å². The molecule has 4 aromatic rings. The van der Waals surface area contributed by atoms with E-state index >= 15 is 0 Å². The number of carbonyl (C=O) groups excluding carboxylic acids is 1. The number of rotatable bonds is 5. The van der Waals surface area contributed by atoms with Crippen molar-refractivity contribution in [2.45, 2.75) is 19.9 Å². The minimum atomic E-state index is -0.120. The van der Waals surface area contributed by atoms with Gasteiger partial charge in [0.1, 0.15) is 0 Å². The lowest BCUT2D eigenvalue weighted by atomic mass is 10.0. The van der Waals surface area contributed by atoms with Crippen LogP contribution >= 0.6 is 15.9 Å². The average molecular weight is 434 g/mol. The molecule has 5 heteroatoms. The Labute approximate surface area is 172 Å². The molecule has 0 radical (unpaired) electrons. The lowest BCUT2D eigenvalue weighted by Crippen LogP contribution is -2.13. The summed E-state index contributed by atoms with van der Waals surface area (Å²) in [5.41, 5.74) is 4.58. The van der Waals surface area contributed by atoms with Crippen molar-refractivity contribution in [3.05, 3.63) is 94.4 Å². The molecule has 0 saturated heterocycles. The van der Waals surface area contributed by atoms with Gasteiger partial charge in [-0.2, -0.15) is 0 Å². The monoisotopic (exact) mass is 433 g/mol. The first kappa shape index (κ1) is 18.4. The van der Waals surface area contributed by atoms with Crippen LogP contribution in [0.25, 0.3) is 10.9 Å². The van der Waals surface area contributed by atoms with E-state index in [9.17, 15) is 4.79 Å². The molecule has 0 fully saturated rings. The van der Waals surface area contributed by atoms with Crippen molar-refractivity contribution in [1.29, 1.82) is 0 Å². The minimum absolute atomic E-state index is 0.120. The van der Waals surface area contributed by atoms with E-state index in [0.29, 0.717) is 5.56 Å². The van der Waals surface area contributed by atoms with Crippen LogP contribution < -0.4 is 5.32 Å². The maximum atomic E-state index is 12.6. The van der Waals surface area contributed by atoms with Gasteiger partial charge in [0.2, 0.25) is 0 Å². The molecule has 0 bridgehead atoms. The van der Waals surface area contributed by atoms with E-state index in [0.717, 1.165) is 45.2 Å². The molecular weight excluding hydrogens is 414 g/mol. The molecule has 0 atom stereocenters. The number of nitrogens with zero attached hydrogens (tertiary/aromatic N) is 2. The molecule has 1 N–H and O–H groups in total. The van der Waals surface area contributed by atoms with Gasteiger partial charge in [0.05, 0.1) is 5.52 Å². The predicted molar refractivity (Wildman–Crippen MR) is 117 cm³/mol. The number of carbonyl (C=O) groups is 1. The predicted octanol–water partition coefficient (Wildman–Crippen LogP) is 5.66. The van der Waals surface area contributed by atoms with Gasteiger partial charge in [-0.05, 0) is 60.5 Å². The molecular formula is C23H20BrN3O. The van der Waals surface area contributed by atoms with Gasteiger partial charge in [0.15, 0.2) is 0 Å². The zero-order valence-corrected chi connectivity index (χ0v) is 17.1. The number of benzene rings is 2. The summed E-state index contributed by atoms with van der Waals surface area (Å²) in [7, 11) is 0. The summed E-state index contributed by atoms with van der Waals surface area (Å²) in [6.07, 6.45) is 6.80. The Morgan fingerprint density at radius 1 is 1.11 bits per heavy atom. The molecule has 0 aliphatic carbocycles. The lowest BCUT2D eigenvalue weighted by Gasteiger charge is -2.13. The minimum Gasteiger partial charge on any atom is -0.350 e. The highest BCUT2D eigenvalue weighted by Crippen LogP contribution is 2.27. The quantitative estimate of drug-likeness (QED) is 0.441. The smallest absolute Gasteiger partial charge is 0.255 e. The second-order valence-corrected chi connectivity index (χ2v) is 7.59. The summed E-state index contributed by atoms with van der Waals surface area (Å²) in [4.78, 5) is 17.3. The van der Waals surface area contributed by atoms with Crippen LogP contribution in [0.2, 0.25) is 0 Å². The summed E-state index contributed by atoms with van der Waals surface area (Å²) in [5.74, 6) is -0.120. The fourth-order valence-electron chi connectivity index (χ4n) is 3.35. The lowest BCUT2D eigenvalue weighted by molar-refractivity contribution is 0.102. The van der Waals surface area contributed by atoms with Crippen LogP contribution in [0.1, 0.15) is 28.4 Å². The molecule has 28 heavy (non-hydrogen) atoms. The molecule has 2 aromatic heterocycles. The number of halogens is 1. The van der Waals surface area contributed by atoms with Crippen molar-refractivity contribution in [3.63, 3.8) is 0 Å². The fourth-order valence-corrected chi connectivity index (χ4v) is 3.62. The van der Waals surface area contributed by atoms with Crippen LogP contribution in [0.3, 0.4) is 0 Å².